The monoisotopic (exact) mass is 293 g/mol. The Morgan fingerprint density at radius 3 is 2.11 bits per heavy atom. The molecule has 1 fully saturated rings. The lowest BCUT2D eigenvalue weighted by molar-refractivity contribution is -0.141. The Hall–Kier alpha value is -1.31. The number of carboxylic acids is 1. The van der Waals surface area contributed by atoms with E-state index in [0.29, 0.717) is 0 Å². The third-order valence-electron chi connectivity index (χ3n) is 2.79. The van der Waals surface area contributed by atoms with Crippen molar-refractivity contribution in [2.75, 3.05) is 19.3 Å². The number of nitrogens with zero attached hydrogens (tertiary/aromatic N) is 1. The number of aliphatic carboxylic acids is 1. The fraction of sp³-hybridized carbons (Fsp3) is 0.818. The molecule has 0 aromatic heterocycles. The number of hydrogen-bond acceptors (Lipinski definition) is 5. The van der Waals surface area contributed by atoms with Crippen LogP contribution in [0.15, 0.2) is 0 Å². The highest BCUT2D eigenvalue weighted by molar-refractivity contribution is 7.91. The van der Waals surface area contributed by atoms with Crippen molar-refractivity contribution in [3.8, 4) is 0 Å². The second-order valence-electron chi connectivity index (χ2n) is 5.70. The lowest BCUT2D eigenvalue weighted by atomic mass is 10.1. The van der Waals surface area contributed by atoms with Gasteiger partial charge in [-0.2, -0.15) is 0 Å². The van der Waals surface area contributed by atoms with E-state index in [1.54, 1.807) is 20.8 Å². The molecule has 1 N–H and O–H groups in total. The second-order valence-corrected chi connectivity index (χ2v) is 7.96. The van der Waals surface area contributed by atoms with E-state index in [4.69, 9.17) is 9.84 Å². The maximum absolute atomic E-state index is 11.8. The normalized spacial score (nSPS) is 24.3. The molecule has 2 unspecified atom stereocenters. The van der Waals surface area contributed by atoms with Crippen molar-refractivity contribution in [1.29, 1.82) is 0 Å². The van der Waals surface area contributed by atoms with Gasteiger partial charge < -0.3 is 14.7 Å². The van der Waals surface area contributed by atoms with Crippen molar-refractivity contribution >= 4 is 21.9 Å². The molecule has 1 amide bonds. The number of likely N-dealkylation sites (tertiary alicyclic amines) is 1. The van der Waals surface area contributed by atoms with Crippen LogP contribution in [0, 0.1) is 5.92 Å². The van der Waals surface area contributed by atoms with Crippen LogP contribution in [0.5, 0.6) is 0 Å². The molecule has 8 heteroatoms. The van der Waals surface area contributed by atoms with Gasteiger partial charge >= 0.3 is 12.1 Å². The molecule has 1 saturated heterocycles. The van der Waals surface area contributed by atoms with Crippen molar-refractivity contribution in [2.45, 2.75) is 31.6 Å². The highest BCUT2D eigenvalue weighted by Gasteiger charge is 2.45. The maximum Gasteiger partial charge on any atom is 0.410 e. The standard InChI is InChI=1S/C11H19NO6S/c1-11(2,3)18-10(15)12-5-7(9(13)14)8(6-12)19(4,16)17/h7-8H,5-6H2,1-4H3,(H,13,14). The molecule has 0 saturated carbocycles. The highest BCUT2D eigenvalue weighted by Crippen LogP contribution is 2.25. The predicted octanol–water partition coefficient (Wildman–Crippen LogP) is 0.351. The summed E-state index contributed by atoms with van der Waals surface area (Å²) >= 11 is 0. The van der Waals surface area contributed by atoms with E-state index in [1.807, 2.05) is 0 Å². The zero-order valence-corrected chi connectivity index (χ0v) is 12.2. The van der Waals surface area contributed by atoms with Gasteiger partial charge in [0.1, 0.15) is 5.60 Å². The van der Waals surface area contributed by atoms with Gasteiger partial charge in [0.25, 0.3) is 0 Å². The number of carbonyl (C=O) groups is 2. The summed E-state index contributed by atoms with van der Waals surface area (Å²) in [5, 5.41) is 7.95. The minimum Gasteiger partial charge on any atom is -0.481 e. The van der Waals surface area contributed by atoms with E-state index >= 15 is 0 Å². The Labute approximate surface area is 112 Å². The van der Waals surface area contributed by atoms with Crippen molar-refractivity contribution < 1.29 is 27.9 Å². The topological polar surface area (TPSA) is 101 Å². The van der Waals surface area contributed by atoms with E-state index in [1.165, 1.54) is 0 Å². The summed E-state index contributed by atoms with van der Waals surface area (Å²) in [5.74, 6) is -2.33. The molecule has 7 nitrogen and oxygen atoms in total. The van der Waals surface area contributed by atoms with Gasteiger partial charge in [-0.15, -0.1) is 0 Å². The molecule has 1 heterocycles. The number of sulfone groups is 1. The molecule has 0 radical (unpaired) electrons. The second kappa shape index (κ2) is 4.99. The Bertz CT molecular complexity index is 478. The molecule has 19 heavy (non-hydrogen) atoms. The van der Waals surface area contributed by atoms with Gasteiger partial charge in [0.2, 0.25) is 0 Å². The largest absolute Gasteiger partial charge is 0.481 e. The van der Waals surface area contributed by atoms with E-state index in [0.717, 1.165) is 11.2 Å². The number of amides is 1. The predicted molar refractivity (Wildman–Crippen MR) is 67.6 cm³/mol. The molecular formula is C11H19NO6S. The molecule has 110 valence electrons. The summed E-state index contributed by atoms with van der Waals surface area (Å²) in [6.45, 7) is 4.75. The molecular weight excluding hydrogens is 274 g/mol. The van der Waals surface area contributed by atoms with Crippen LogP contribution < -0.4 is 0 Å². The fourth-order valence-corrected chi connectivity index (χ4v) is 3.17. The molecule has 0 aromatic carbocycles. The third kappa shape index (κ3) is 4.09. The Morgan fingerprint density at radius 2 is 1.79 bits per heavy atom. The molecule has 0 aliphatic carbocycles. The highest BCUT2D eigenvalue weighted by atomic mass is 32.2. The van der Waals surface area contributed by atoms with E-state index in [-0.39, 0.29) is 13.1 Å². The molecule has 2 atom stereocenters. The van der Waals surface area contributed by atoms with Gasteiger partial charge in [-0.3, -0.25) is 4.79 Å². The summed E-state index contributed by atoms with van der Waals surface area (Å²) in [7, 11) is -3.54. The van der Waals surface area contributed by atoms with E-state index < -0.39 is 38.7 Å². The summed E-state index contributed by atoms with van der Waals surface area (Å²) in [4.78, 5) is 24.0. The van der Waals surface area contributed by atoms with E-state index in [9.17, 15) is 18.0 Å². The van der Waals surface area contributed by atoms with Gasteiger partial charge in [-0.1, -0.05) is 0 Å². The third-order valence-corrected chi connectivity index (χ3v) is 4.36. The Balaban J connectivity index is 2.87. The van der Waals surface area contributed by atoms with Gasteiger partial charge in [0.05, 0.1) is 11.2 Å². The van der Waals surface area contributed by atoms with Crippen LogP contribution in [0.2, 0.25) is 0 Å². The van der Waals surface area contributed by atoms with Crippen LogP contribution in [0.1, 0.15) is 20.8 Å². The first-order valence-corrected chi connectivity index (χ1v) is 7.77. The average Bonchev–Trinajstić information content (AvgIpc) is 2.57. The zero-order chi connectivity index (χ0) is 15.0. The fourth-order valence-electron chi connectivity index (χ4n) is 1.92. The number of carbonyl (C=O) groups excluding carboxylic acids is 1. The SMILES string of the molecule is CC(C)(C)OC(=O)N1CC(C(=O)O)C(S(C)(=O)=O)C1. The van der Waals surface area contributed by atoms with Gasteiger partial charge in [0, 0.05) is 19.3 Å². The van der Waals surface area contributed by atoms with Crippen molar-refractivity contribution in [1.82, 2.24) is 4.90 Å². The van der Waals surface area contributed by atoms with Crippen LogP contribution in [0.4, 0.5) is 4.79 Å². The van der Waals surface area contributed by atoms with Gasteiger partial charge in [0.15, 0.2) is 9.84 Å². The summed E-state index contributed by atoms with van der Waals surface area (Å²) < 4.78 is 28.2. The molecule has 0 bridgehead atoms. The molecule has 0 aromatic rings. The first-order chi connectivity index (χ1) is 8.42. The quantitative estimate of drug-likeness (QED) is 0.788. The molecule has 1 rings (SSSR count). The van der Waals surface area contributed by atoms with Crippen LogP contribution in [0.3, 0.4) is 0 Å². The Kier molecular flexibility index (Phi) is 4.14. The summed E-state index contributed by atoms with van der Waals surface area (Å²) in [5.41, 5.74) is -0.709. The van der Waals surface area contributed by atoms with Crippen molar-refractivity contribution in [2.24, 2.45) is 5.92 Å². The minimum atomic E-state index is -3.54. The van der Waals surface area contributed by atoms with Crippen LogP contribution in [-0.2, 0) is 19.4 Å². The first kappa shape index (κ1) is 15.7. The molecule has 1 aliphatic rings. The number of rotatable bonds is 2. The summed E-state index contributed by atoms with van der Waals surface area (Å²) in [6, 6.07) is 0. The van der Waals surface area contributed by atoms with Gasteiger partial charge in [-0.25, -0.2) is 13.2 Å². The number of carboxylic acid groups (broad SMARTS) is 1. The van der Waals surface area contributed by atoms with Crippen molar-refractivity contribution in [3.63, 3.8) is 0 Å². The minimum absolute atomic E-state index is 0.148. The number of ether oxygens (including phenoxy) is 1. The maximum atomic E-state index is 11.8. The molecule has 1 aliphatic heterocycles. The Morgan fingerprint density at radius 1 is 1.26 bits per heavy atom. The van der Waals surface area contributed by atoms with Crippen LogP contribution >= 0.6 is 0 Å². The van der Waals surface area contributed by atoms with Crippen LogP contribution in [-0.4, -0.2) is 60.7 Å². The lowest BCUT2D eigenvalue weighted by Gasteiger charge is -2.24. The zero-order valence-electron chi connectivity index (χ0n) is 11.4. The smallest absolute Gasteiger partial charge is 0.410 e. The van der Waals surface area contributed by atoms with E-state index in [2.05, 4.69) is 0 Å². The van der Waals surface area contributed by atoms with Gasteiger partial charge in [-0.05, 0) is 20.8 Å². The van der Waals surface area contributed by atoms with Crippen LogP contribution in [0.25, 0.3) is 0 Å². The number of hydrogen-bond donors (Lipinski definition) is 1. The van der Waals surface area contributed by atoms with Crippen molar-refractivity contribution in [3.05, 3.63) is 0 Å². The molecule has 0 spiro atoms. The first-order valence-electron chi connectivity index (χ1n) is 5.81. The average molecular weight is 293 g/mol. The lowest BCUT2D eigenvalue weighted by Crippen LogP contribution is -2.36. The summed E-state index contributed by atoms with van der Waals surface area (Å²) in [6.07, 6.45) is 0.288.